The van der Waals surface area contributed by atoms with Gasteiger partial charge in [0.15, 0.2) is 0 Å². The molecule has 2 aromatic rings. The minimum absolute atomic E-state index is 0.173. The number of amides is 3. The standard InChI is InChI=1S/C21H26N4O2/c1-14(23-20(26)19(22)13-15-5-3-2-4-6-15)16-7-9-17(10-8-16)24-21(27)25-18-11-12-18/h2-10,14,18-19H,11-13,22H2,1H3,(H,23,26)(H2,24,25,27)/t14?,19-/m0/s1. The van der Waals surface area contributed by atoms with Gasteiger partial charge < -0.3 is 21.7 Å². The molecular weight excluding hydrogens is 340 g/mol. The van der Waals surface area contributed by atoms with E-state index < -0.39 is 6.04 Å². The number of nitrogens with one attached hydrogen (secondary N) is 3. The predicted octanol–water partition coefficient (Wildman–Crippen LogP) is 2.72. The van der Waals surface area contributed by atoms with Crippen molar-refractivity contribution in [3.8, 4) is 0 Å². The molecule has 5 N–H and O–H groups in total. The number of urea groups is 1. The van der Waals surface area contributed by atoms with Gasteiger partial charge in [0.25, 0.3) is 0 Å². The third-order valence-electron chi connectivity index (χ3n) is 4.58. The molecule has 0 bridgehead atoms. The summed E-state index contributed by atoms with van der Waals surface area (Å²) in [5.74, 6) is -0.183. The molecule has 1 fully saturated rings. The van der Waals surface area contributed by atoms with Crippen LogP contribution < -0.4 is 21.7 Å². The van der Waals surface area contributed by atoms with Crippen molar-refractivity contribution in [1.82, 2.24) is 10.6 Å². The summed E-state index contributed by atoms with van der Waals surface area (Å²) in [5, 5.41) is 8.63. The van der Waals surface area contributed by atoms with Crippen LogP contribution in [-0.4, -0.2) is 24.0 Å². The van der Waals surface area contributed by atoms with Gasteiger partial charge in [-0.05, 0) is 49.4 Å². The first-order chi connectivity index (χ1) is 13.0. The molecule has 0 heterocycles. The average molecular weight is 366 g/mol. The van der Waals surface area contributed by atoms with Gasteiger partial charge in [-0.3, -0.25) is 4.79 Å². The van der Waals surface area contributed by atoms with Crippen LogP contribution in [0.3, 0.4) is 0 Å². The molecule has 1 aliphatic carbocycles. The highest BCUT2D eigenvalue weighted by atomic mass is 16.2. The SMILES string of the molecule is CC(NC(=O)[C@@H](N)Cc1ccccc1)c1ccc(NC(=O)NC2CC2)cc1. The monoisotopic (exact) mass is 366 g/mol. The second-order valence-corrected chi connectivity index (χ2v) is 7.02. The molecule has 3 rings (SSSR count). The molecule has 1 aliphatic rings. The Kier molecular flexibility index (Phi) is 6.08. The fraction of sp³-hybridized carbons (Fsp3) is 0.333. The Morgan fingerprint density at radius 3 is 2.37 bits per heavy atom. The van der Waals surface area contributed by atoms with Crippen LogP contribution in [0.15, 0.2) is 54.6 Å². The van der Waals surface area contributed by atoms with Crippen LogP contribution >= 0.6 is 0 Å². The van der Waals surface area contributed by atoms with Gasteiger partial charge in [-0.25, -0.2) is 4.79 Å². The van der Waals surface area contributed by atoms with E-state index in [9.17, 15) is 9.59 Å². The minimum Gasteiger partial charge on any atom is -0.348 e. The highest BCUT2D eigenvalue weighted by Gasteiger charge is 2.23. The zero-order valence-corrected chi connectivity index (χ0v) is 15.4. The van der Waals surface area contributed by atoms with Crippen molar-refractivity contribution in [3.05, 3.63) is 65.7 Å². The van der Waals surface area contributed by atoms with Gasteiger partial charge in [-0.2, -0.15) is 0 Å². The molecule has 6 nitrogen and oxygen atoms in total. The lowest BCUT2D eigenvalue weighted by Crippen LogP contribution is -2.42. The van der Waals surface area contributed by atoms with Crippen molar-refractivity contribution in [2.24, 2.45) is 5.73 Å². The van der Waals surface area contributed by atoms with E-state index in [0.29, 0.717) is 12.5 Å². The molecule has 1 saturated carbocycles. The normalized spacial score (nSPS) is 15.5. The Labute approximate surface area is 159 Å². The van der Waals surface area contributed by atoms with E-state index in [1.165, 1.54) is 0 Å². The van der Waals surface area contributed by atoms with Crippen LogP contribution in [0.1, 0.15) is 36.9 Å². The Balaban J connectivity index is 1.49. The molecule has 0 saturated heterocycles. The molecule has 1 unspecified atom stereocenters. The third-order valence-corrected chi connectivity index (χ3v) is 4.58. The summed E-state index contributed by atoms with van der Waals surface area (Å²) >= 11 is 0. The summed E-state index contributed by atoms with van der Waals surface area (Å²) in [7, 11) is 0. The number of nitrogens with two attached hydrogens (primary N) is 1. The molecule has 142 valence electrons. The van der Waals surface area contributed by atoms with Crippen LogP contribution in [0.2, 0.25) is 0 Å². The molecule has 3 amide bonds. The van der Waals surface area contributed by atoms with Crippen molar-refractivity contribution in [3.63, 3.8) is 0 Å². The van der Waals surface area contributed by atoms with Crippen molar-refractivity contribution >= 4 is 17.6 Å². The minimum atomic E-state index is -0.595. The molecular formula is C21H26N4O2. The Bertz CT molecular complexity index is 773. The first-order valence-electron chi connectivity index (χ1n) is 9.28. The van der Waals surface area contributed by atoms with Gasteiger partial charge in [0.1, 0.15) is 0 Å². The van der Waals surface area contributed by atoms with E-state index in [1.807, 2.05) is 61.5 Å². The first-order valence-corrected chi connectivity index (χ1v) is 9.28. The zero-order valence-electron chi connectivity index (χ0n) is 15.4. The maximum Gasteiger partial charge on any atom is 0.319 e. The van der Waals surface area contributed by atoms with E-state index in [1.54, 1.807) is 0 Å². The van der Waals surface area contributed by atoms with E-state index in [2.05, 4.69) is 16.0 Å². The van der Waals surface area contributed by atoms with Crippen LogP contribution in [-0.2, 0) is 11.2 Å². The number of hydrogen-bond donors (Lipinski definition) is 4. The Morgan fingerprint density at radius 1 is 1.07 bits per heavy atom. The number of rotatable bonds is 7. The molecule has 27 heavy (non-hydrogen) atoms. The van der Waals surface area contributed by atoms with Crippen LogP contribution in [0.5, 0.6) is 0 Å². The fourth-order valence-electron chi connectivity index (χ4n) is 2.80. The molecule has 0 aliphatic heterocycles. The molecule has 2 atom stereocenters. The lowest BCUT2D eigenvalue weighted by Gasteiger charge is -2.18. The summed E-state index contributed by atoms with van der Waals surface area (Å²) < 4.78 is 0. The van der Waals surface area contributed by atoms with Gasteiger partial charge in [0.05, 0.1) is 12.1 Å². The van der Waals surface area contributed by atoms with Crippen molar-refractivity contribution in [2.45, 2.75) is 44.3 Å². The quantitative estimate of drug-likeness (QED) is 0.607. The summed E-state index contributed by atoms with van der Waals surface area (Å²) in [6.07, 6.45) is 2.60. The average Bonchev–Trinajstić information content (AvgIpc) is 3.46. The van der Waals surface area contributed by atoms with Gasteiger partial charge in [-0.1, -0.05) is 42.5 Å². The van der Waals surface area contributed by atoms with E-state index in [-0.39, 0.29) is 18.0 Å². The topological polar surface area (TPSA) is 96.2 Å². The highest BCUT2D eigenvalue weighted by Crippen LogP contribution is 2.19. The first kappa shape index (κ1) is 18.9. The number of benzene rings is 2. The smallest absolute Gasteiger partial charge is 0.319 e. The van der Waals surface area contributed by atoms with Gasteiger partial charge in [0, 0.05) is 11.7 Å². The predicted molar refractivity (Wildman–Crippen MR) is 106 cm³/mol. The van der Waals surface area contributed by atoms with Gasteiger partial charge >= 0.3 is 6.03 Å². The summed E-state index contributed by atoms with van der Waals surface area (Å²) in [6, 6.07) is 16.5. The molecule has 0 aromatic heterocycles. The van der Waals surface area contributed by atoms with Crippen molar-refractivity contribution < 1.29 is 9.59 Å². The second kappa shape index (κ2) is 8.68. The van der Waals surface area contributed by atoms with Crippen LogP contribution in [0.25, 0.3) is 0 Å². The largest absolute Gasteiger partial charge is 0.348 e. The Morgan fingerprint density at radius 2 is 1.74 bits per heavy atom. The van der Waals surface area contributed by atoms with Crippen molar-refractivity contribution in [1.29, 1.82) is 0 Å². The van der Waals surface area contributed by atoms with E-state index in [4.69, 9.17) is 5.73 Å². The number of carbonyl (C=O) groups excluding carboxylic acids is 2. The van der Waals surface area contributed by atoms with Crippen LogP contribution in [0, 0.1) is 0 Å². The number of hydrogen-bond acceptors (Lipinski definition) is 3. The lowest BCUT2D eigenvalue weighted by molar-refractivity contribution is -0.123. The highest BCUT2D eigenvalue weighted by molar-refractivity contribution is 5.89. The fourth-order valence-corrected chi connectivity index (χ4v) is 2.80. The molecule has 0 spiro atoms. The van der Waals surface area contributed by atoms with E-state index >= 15 is 0 Å². The molecule has 2 aromatic carbocycles. The van der Waals surface area contributed by atoms with E-state index in [0.717, 1.165) is 29.7 Å². The number of anilines is 1. The van der Waals surface area contributed by atoms with Gasteiger partial charge in [0.2, 0.25) is 5.91 Å². The summed E-state index contributed by atoms with van der Waals surface area (Å²) in [6.45, 7) is 1.91. The second-order valence-electron chi connectivity index (χ2n) is 7.02. The summed E-state index contributed by atoms with van der Waals surface area (Å²) in [5.41, 5.74) is 8.73. The molecule has 6 heteroatoms. The van der Waals surface area contributed by atoms with Gasteiger partial charge in [-0.15, -0.1) is 0 Å². The maximum atomic E-state index is 12.4. The molecule has 0 radical (unpaired) electrons. The maximum absolute atomic E-state index is 12.4. The third kappa shape index (κ3) is 5.82. The zero-order chi connectivity index (χ0) is 19.2. The summed E-state index contributed by atoms with van der Waals surface area (Å²) in [4.78, 5) is 24.1. The number of carbonyl (C=O) groups is 2. The Hall–Kier alpha value is -2.86. The van der Waals surface area contributed by atoms with Crippen molar-refractivity contribution in [2.75, 3.05) is 5.32 Å². The van der Waals surface area contributed by atoms with Crippen LogP contribution in [0.4, 0.5) is 10.5 Å². The lowest BCUT2D eigenvalue weighted by atomic mass is 10.0.